The fourth-order valence-corrected chi connectivity index (χ4v) is 2.75. The Bertz CT molecular complexity index is 755. The van der Waals surface area contributed by atoms with Gasteiger partial charge in [0, 0.05) is 11.1 Å². The highest BCUT2D eigenvalue weighted by molar-refractivity contribution is 6.26. The van der Waals surface area contributed by atoms with Crippen molar-refractivity contribution in [3.8, 4) is 0 Å². The lowest BCUT2D eigenvalue weighted by atomic mass is 9.81. The van der Waals surface area contributed by atoms with Gasteiger partial charge in [0.05, 0.1) is 17.3 Å². The maximum Gasteiger partial charge on any atom is 0.177 e. The van der Waals surface area contributed by atoms with Crippen molar-refractivity contribution in [1.82, 2.24) is 0 Å². The highest BCUT2D eigenvalue weighted by Crippen LogP contribution is 2.34. The van der Waals surface area contributed by atoms with Crippen LogP contribution in [-0.2, 0) is 0 Å². The van der Waals surface area contributed by atoms with Gasteiger partial charge < -0.3 is 0 Å². The number of rotatable bonds is 0. The molecule has 1 atom stereocenters. The average Bonchev–Trinajstić information content (AvgIpc) is 2.47. The molecule has 0 aromatic heterocycles. The van der Waals surface area contributed by atoms with Crippen molar-refractivity contribution in [2.24, 2.45) is 10.9 Å². The van der Waals surface area contributed by atoms with Gasteiger partial charge in [-0.05, 0) is 17.7 Å². The van der Waals surface area contributed by atoms with Crippen LogP contribution in [0.15, 0.2) is 59.6 Å². The number of para-hydroxylation sites is 1. The summed E-state index contributed by atoms with van der Waals surface area (Å²) in [6.07, 6.45) is 3.98. The summed E-state index contributed by atoms with van der Waals surface area (Å²) in [5.41, 5.74) is 4.58. The predicted octanol–water partition coefficient (Wildman–Crippen LogP) is 3.65. The average molecular weight is 245 g/mol. The van der Waals surface area contributed by atoms with E-state index in [0.29, 0.717) is 0 Å². The van der Waals surface area contributed by atoms with Crippen LogP contribution >= 0.6 is 0 Å². The highest BCUT2D eigenvalue weighted by Gasteiger charge is 2.32. The normalized spacial score (nSPS) is 19.3. The molecule has 0 saturated carbocycles. The summed E-state index contributed by atoms with van der Waals surface area (Å²) in [5.74, 6) is -0.0869. The first-order chi connectivity index (χ1) is 9.34. The second kappa shape index (κ2) is 3.75. The van der Waals surface area contributed by atoms with E-state index in [1.165, 1.54) is 0 Å². The molecule has 2 nitrogen and oxygen atoms in total. The van der Waals surface area contributed by atoms with E-state index in [0.717, 1.165) is 28.1 Å². The third-order valence-electron chi connectivity index (χ3n) is 3.69. The number of nitrogens with zero attached hydrogens (tertiary/aromatic N) is 1. The lowest BCUT2D eigenvalue weighted by molar-refractivity contribution is 0.0971. The van der Waals surface area contributed by atoms with Crippen molar-refractivity contribution in [3.05, 3.63) is 71.3 Å². The molecule has 2 aromatic carbocycles. The Balaban J connectivity index is 2.01. The van der Waals surface area contributed by atoms with Gasteiger partial charge in [-0.2, -0.15) is 0 Å². The van der Waals surface area contributed by atoms with E-state index in [9.17, 15) is 4.79 Å². The van der Waals surface area contributed by atoms with Gasteiger partial charge in [0.15, 0.2) is 5.78 Å². The molecule has 0 amide bonds. The number of aliphatic imine (C=N–C) groups is 1. The number of benzene rings is 2. The molecule has 2 aliphatic rings. The monoisotopic (exact) mass is 245 g/mol. The van der Waals surface area contributed by atoms with Gasteiger partial charge in [-0.25, -0.2) is 0 Å². The summed E-state index contributed by atoms with van der Waals surface area (Å²) in [5, 5.41) is 0. The molecule has 0 bridgehead atoms. The Morgan fingerprint density at radius 1 is 0.895 bits per heavy atom. The van der Waals surface area contributed by atoms with Crippen LogP contribution in [0.4, 0.5) is 5.69 Å². The molecule has 0 fully saturated rings. The van der Waals surface area contributed by atoms with Gasteiger partial charge in [-0.3, -0.25) is 9.79 Å². The number of hydrogen-bond donors (Lipinski definition) is 0. The van der Waals surface area contributed by atoms with Gasteiger partial charge in [0.25, 0.3) is 0 Å². The molecule has 4 rings (SSSR count). The van der Waals surface area contributed by atoms with Crippen molar-refractivity contribution >= 4 is 23.3 Å². The van der Waals surface area contributed by atoms with Crippen molar-refractivity contribution < 1.29 is 4.79 Å². The van der Waals surface area contributed by atoms with Crippen LogP contribution in [0, 0.1) is 5.92 Å². The van der Waals surface area contributed by atoms with Crippen molar-refractivity contribution in [2.45, 2.75) is 0 Å². The molecule has 1 unspecified atom stereocenters. The van der Waals surface area contributed by atoms with Crippen LogP contribution in [0.1, 0.15) is 21.5 Å². The van der Waals surface area contributed by atoms with Crippen LogP contribution < -0.4 is 0 Å². The number of ketones is 1. The quantitative estimate of drug-likeness (QED) is 0.696. The van der Waals surface area contributed by atoms with E-state index < -0.39 is 0 Å². The zero-order valence-corrected chi connectivity index (χ0v) is 10.2. The minimum absolute atomic E-state index is 0.145. The fourth-order valence-electron chi connectivity index (χ4n) is 2.75. The summed E-state index contributed by atoms with van der Waals surface area (Å²) in [6, 6.07) is 15.6. The molecule has 1 heterocycles. The van der Waals surface area contributed by atoms with Gasteiger partial charge in [-0.15, -0.1) is 0 Å². The summed E-state index contributed by atoms with van der Waals surface area (Å²) in [6.45, 7) is 0. The SMILES string of the molecule is O=C1c2ccccc2N=C2c3ccccc3C=CC12. The van der Waals surface area contributed by atoms with Crippen molar-refractivity contribution in [2.75, 3.05) is 0 Å². The number of Topliss-reactive ketones (excluding diaryl/α,β-unsaturated/α-hetero) is 1. The van der Waals surface area contributed by atoms with Crippen LogP contribution in [0.25, 0.3) is 6.08 Å². The van der Waals surface area contributed by atoms with Crippen LogP contribution in [0.3, 0.4) is 0 Å². The molecule has 0 spiro atoms. The summed E-state index contributed by atoms with van der Waals surface area (Å²) in [4.78, 5) is 17.2. The van der Waals surface area contributed by atoms with Gasteiger partial charge in [0.2, 0.25) is 0 Å². The largest absolute Gasteiger partial charge is 0.293 e. The Morgan fingerprint density at radius 2 is 1.63 bits per heavy atom. The molecule has 2 aromatic rings. The van der Waals surface area contributed by atoms with Crippen LogP contribution in [-0.4, -0.2) is 11.5 Å². The van der Waals surface area contributed by atoms with Gasteiger partial charge in [-0.1, -0.05) is 48.6 Å². The highest BCUT2D eigenvalue weighted by atomic mass is 16.1. The Morgan fingerprint density at radius 3 is 2.53 bits per heavy atom. The van der Waals surface area contributed by atoms with Gasteiger partial charge >= 0.3 is 0 Å². The number of carbonyl (C=O) groups excluding carboxylic acids is 1. The van der Waals surface area contributed by atoms with E-state index in [2.05, 4.69) is 6.07 Å². The van der Waals surface area contributed by atoms with Gasteiger partial charge in [0.1, 0.15) is 0 Å². The molecule has 19 heavy (non-hydrogen) atoms. The maximum absolute atomic E-state index is 12.5. The standard InChI is InChI=1S/C17H11NO/c19-17-13-7-3-4-8-15(13)18-16-12-6-2-1-5-11(12)9-10-14(16)17/h1-10,14H. The number of hydrogen-bond acceptors (Lipinski definition) is 2. The van der Waals surface area contributed by atoms with Crippen molar-refractivity contribution in [3.63, 3.8) is 0 Å². The Labute approximate surface area is 111 Å². The lowest BCUT2D eigenvalue weighted by Gasteiger charge is -2.25. The first-order valence-electron chi connectivity index (χ1n) is 6.34. The molecule has 0 saturated heterocycles. The zero-order chi connectivity index (χ0) is 12.8. The third kappa shape index (κ3) is 1.43. The minimum atomic E-state index is -0.232. The molecular weight excluding hydrogens is 234 g/mol. The van der Waals surface area contributed by atoms with Crippen LogP contribution in [0.2, 0.25) is 0 Å². The molecule has 90 valence electrons. The number of allylic oxidation sites excluding steroid dienone is 1. The number of carbonyl (C=O) groups is 1. The third-order valence-corrected chi connectivity index (χ3v) is 3.69. The van der Waals surface area contributed by atoms with E-state index >= 15 is 0 Å². The second-order valence-corrected chi connectivity index (χ2v) is 4.80. The smallest absolute Gasteiger partial charge is 0.177 e. The topological polar surface area (TPSA) is 29.4 Å². The molecule has 2 heteroatoms. The van der Waals surface area contributed by atoms with E-state index in [1.807, 2.05) is 54.6 Å². The first kappa shape index (κ1) is 10.4. The lowest BCUT2D eigenvalue weighted by Crippen LogP contribution is -2.28. The van der Waals surface area contributed by atoms with E-state index in [1.54, 1.807) is 0 Å². The molecule has 0 N–H and O–H groups in total. The molecule has 1 aliphatic carbocycles. The Kier molecular flexibility index (Phi) is 2.06. The van der Waals surface area contributed by atoms with Crippen molar-refractivity contribution in [1.29, 1.82) is 0 Å². The maximum atomic E-state index is 12.5. The molecular formula is C17H11NO. The van der Waals surface area contributed by atoms with Crippen LogP contribution in [0.5, 0.6) is 0 Å². The minimum Gasteiger partial charge on any atom is -0.293 e. The summed E-state index contributed by atoms with van der Waals surface area (Å²) >= 11 is 0. The van der Waals surface area contributed by atoms with E-state index in [-0.39, 0.29) is 11.7 Å². The molecule has 1 aliphatic heterocycles. The fraction of sp³-hybridized carbons (Fsp3) is 0.0588. The Hall–Kier alpha value is -2.48. The first-order valence-corrected chi connectivity index (χ1v) is 6.34. The number of fused-ring (bicyclic) bond motifs is 4. The molecule has 0 radical (unpaired) electrons. The zero-order valence-electron chi connectivity index (χ0n) is 10.2. The predicted molar refractivity (Wildman–Crippen MR) is 75.9 cm³/mol. The second-order valence-electron chi connectivity index (χ2n) is 4.80. The summed E-state index contributed by atoms with van der Waals surface area (Å²) < 4.78 is 0. The van der Waals surface area contributed by atoms with E-state index in [4.69, 9.17) is 4.99 Å². The summed E-state index contributed by atoms with van der Waals surface area (Å²) in [7, 11) is 0.